The number of carboxylic acids is 2. The molecule has 2 aromatic rings. The lowest BCUT2D eigenvalue weighted by molar-refractivity contribution is 0.0686. The third-order valence-corrected chi connectivity index (χ3v) is 2.33. The summed E-state index contributed by atoms with van der Waals surface area (Å²) in [6.45, 7) is 0. The Bertz CT molecular complexity index is 539. The molecule has 0 bridgehead atoms. The second kappa shape index (κ2) is 3.66. The minimum absolute atomic E-state index is 0. The van der Waals surface area contributed by atoms with E-state index in [0.717, 1.165) is 0 Å². The molecule has 2 aromatic carbocycles. The van der Waals surface area contributed by atoms with Gasteiger partial charge in [0, 0.05) is 0 Å². The van der Waals surface area contributed by atoms with Crippen molar-refractivity contribution >= 4 is 22.7 Å². The van der Waals surface area contributed by atoms with Crippen molar-refractivity contribution < 1.29 is 21.2 Å². The van der Waals surface area contributed by atoms with Crippen molar-refractivity contribution in [2.24, 2.45) is 0 Å². The first kappa shape index (κ1) is 10.2. The summed E-state index contributed by atoms with van der Waals surface area (Å²) in [6.07, 6.45) is 0. The molecule has 0 fully saturated rings. The van der Waals surface area contributed by atoms with E-state index in [1.807, 2.05) is 0 Å². The minimum atomic E-state index is -0.996. The van der Waals surface area contributed by atoms with Gasteiger partial charge in [0.2, 0.25) is 0 Å². The number of fused-ring (bicyclic) bond motifs is 1. The first-order valence-corrected chi connectivity index (χ1v) is 4.58. The van der Waals surface area contributed by atoms with Gasteiger partial charge in [-0.1, -0.05) is 12.1 Å². The Balaban J connectivity index is 0.00000144. The van der Waals surface area contributed by atoms with Crippen LogP contribution in [0.25, 0.3) is 10.8 Å². The topological polar surface area (TPSA) is 74.6 Å². The molecule has 0 amide bonds. The van der Waals surface area contributed by atoms with Crippen LogP contribution in [0.3, 0.4) is 0 Å². The molecule has 0 aliphatic carbocycles. The molecule has 0 heterocycles. The molecule has 0 unspecified atom stereocenters. The largest absolute Gasteiger partial charge is 1.00 e. The van der Waals surface area contributed by atoms with E-state index < -0.39 is 11.9 Å². The summed E-state index contributed by atoms with van der Waals surface area (Å²) in [5, 5.41) is 19.0. The zero-order valence-electron chi connectivity index (χ0n) is 9.18. The van der Waals surface area contributed by atoms with Gasteiger partial charge in [0.1, 0.15) is 0 Å². The summed E-state index contributed by atoms with van der Waals surface area (Å²) in [7, 11) is 0. The summed E-state index contributed by atoms with van der Waals surface area (Å²) in [5.74, 6) is -1.99. The molecule has 4 nitrogen and oxygen atoms in total. The summed E-state index contributed by atoms with van der Waals surface area (Å²) >= 11 is 0. The maximum Gasteiger partial charge on any atom is 1.00 e. The van der Waals surface area contributed by atoms with Gasteiger partial charge < -0.3 is 10.2 Å². The smallest absolute Gasteiger partial charge is 0.478 e. The predicted octanol–water partition coefficient (Wildman–Crippen LogP) is 2.35. The molecule has 0 saturated heterocycles. The van der Waals surface area contributed by atoms with E-state index in [9.17, 15) is 9.59 Å². The number of aromatic carboxylic acids is 2. The van der Waals surface area contributed by atoms with Crippen LogP contribution in [0.15, 0.2) is 36.4 Å². The van der Waals surface area contributed by atoms with E-state index >= 15 is 0 Å². The van der Waals surface area contributed by atoms with Gasteiger partial charge in [0.05, 0.1) is 11.1 Å². The van der Waals surface area contributed by atoms with E-state index in [1.54, 1.807) is 12.1 Å². The molecule has 0 saturated carbocycles. The quantitative estimate of drug-likeness (QED) is 0.809. The van der Waals surface area contributed by atoms with Crippen LogP contribution in [-0.4, -0.2) is 22.2 Å². The monoisotopic (exact) mass is 217 g/mol. The Morgan fingerprint density at radius 1 is 0.812 bits per heavy atom. The lowest BCUT2D eigenvalue weighted by Gasteiger charge is -2.01. The average molecular weight is 217 g/mol. The molecular weight excluding hydrogens is 208 g/mol. The number of hydrogen-bond donors (Lipinski definition) is 2. The minimum Gasteiger partial charge on any atom is -0.478 e. The summed E-state index contributed by atoms with van der Waals surface area (Å²) in [4.78, 5) is 21.5. The van der Waals surface area contributed by atoms with Crippen LogP contribution in [0, 0.1) is 0 Å². The average Bonchev–Trinajstić information content (AvgIpc) is 2.27. The molecule has 0 atom stereocenters. The number of benzene rings is 2. The molecule has 0 aromatic heterocycles. The van der Waals surface area contributed by atoms with Crippen LogP contribution in [0.4, 0.5) is 0 Å². The lowest BCUT2D eigenvalue weighted by atomic mass is 10.0. The third kappa shape index (κ3) is 1.72. The Labute approximate surface area is 92.2 Å². The van der Waals surface area contributed by atoms with E-state index in [1.165, 1.54) is 24.3 Å². The molecular formula is C12H9O4+. The van der Waals surface area contributed by atoms with Crippen molar-refractivity contribution in [3.05, 3.63) is 47.5 Å². The fraction of sp³-hybridized carbons (Fsp3) is 0. The van der Waals surface area contributed by atoms with E-state index in [0.29, 0.717) is 10.8 Å². The van der Waals surface area contributed by atoms with Crippen LogP contribution in [0.5, 0.6) is 0 Å². The molecule has 0 spiro atoms. The van der Waals surface area contributed by atoms with Gasteiger partial charge >= 0.3 is 13.4 Å². The van der Waals surface area contributed by atoms with Crippen molar-refractivity contribution in [3.8, 4) is 0 Å². The number of carbonyl (C=O) groups is 2. The Kier molecular flexibility index (Phi) is 2.32. The van der Waals surface area contributed by atoms with Gasteiger partial charge in [-0.3, -0.25) is 0 Å². The maximum atomic E-state index is 10.7. The number of rotatable bonds is 2. The zero-order chi connectivity index (χ0) is 11.7. The first-order chi connectivity index (χ1) is 7.58. The number of hydrogen-bond acceptors (Lipinski definition) is 2. The van der Waals surface area contributed by atoms with Gasteiger partial charge in [-0.2, -0.15) is 0 Å². The molecule has 2 N–H and O–H groups in total. The van der Waals surface area contributed by atoms with Crippen molar-refractivity contribution in [3.63, 3.8) is 0 Å². The zero-order valence-corrected chi connectivity index (χ0v) is 8.18. The first-order valence-electron chi connectivity index (χ1n) is 4.58. The van der Waals surface area contributed by atoms with Crippen molar-refractivity contribution in [1.29, 1.82) is 0 Å². The van der Waals surface area contributed by atoms with Crippen molar-refractivity contribution in [1.82, 2.24) is 0 Å². The number of carboxylic acid groups (broad SMARTS) is 2. The lowest BCUT2D eigenvalue weighted by Crippen LogP contribution is -1.97. The Morgan fingerprint density at radius 3 is 1.50 bits per heavy atom. The van der Waals surface area contributed by atoms with E-state index in [4.69, 9.17) is 10.2 Å². The van der Waals surface area contributed by atoms with Crippen LogP contribution < -0.4 is 0 Å². The molecule has 16 heavy (non-hydrogen) atoms. The predicted molar refractivity (Wildman–Crippen MR) is 59.0 cm³/mol. The highest BCUT2D eigenvalue weighted by Gasteiger charge is 2.06. The molecule has 0 aliphatic heterocycles. The second-order valence-corrected chi connectivity index (χ2v) is 3.39. The van der Waals surface area contributed by atoms with Crippen LogP contribution in [0.2, 0.25) is 0 Å². The second-order valence-electron chi connectivity index (χ2n) is 3.39. The maximum absolute atomic E-state index is 10.7. The fourth-order valence-corrected chi connectivity index (χ4v) is 1.51. The summed E-state index contributed by atoms with van der Waals surface area (Å²) in [5.41, 5.74) is 0.381. The van der Waals surface area contributed by atoms with Gasteiger partial charge in [0.25, 0.3) is 0 Å². The van der Waals surface area contributed by atoms with Gasteiger partial charge in [0.15, 0.2) is 0 Å². The van der Waals surface area contributed by atoms with Crippen LogP contribution in [0.1, 0.15) is 22.1 Å². The van der Waals surface area contributed by atoms with Gasteiger partial charge in [-0.15, -0.1) is 0 Å². The summed E-state index contributed by atoms with van der Waals surface area (Å²) in [6, 6.07) is 9.15. The third-order valence-electron chi connectivity index (χ3n) is 2.33. The van der Waals surface area contributed by atoms with Crippen molar-refractivity contribution in [2.45, 2.75) is 0 Å². The van der Waals surface area contributed by atoms with E-state index in [-0.39, 0.29) is 12.6 Å². The highest BCUT2D eigenvalue weighted by Crippen LogP contribution is 2.18. The molecule has 4 heteroatoms. The van der Waals surface area contributed by atoms with E-state index in [2.05, 4.69) is 0 Å². The Morgan fingerprint density at radius 2 is 1.19 bits per heavy atom. The molecule has 2 rings (SSSR count). The van der Waals surface area contributed by atoms with Crippen LogP contribution >= 0.6 is 0 Å². The normalized spacial score (nSPS) is 10.2. The highest BCUT2D eigenvalue weighted by atomic mass is 16.4. The van der Waals surface area contributed by atoms with Crippen LogP contribution in [-0.2, 0) is 0 Å². The standard InChI is InChI=1S/C12H8O4/c13-11(14)9-3-1-7-5-10(12(15)16)4-2-8(7)6-9/h1-6H,(H,13,14)(H,15,16)/p+1. The fourth-order valence-electron chi connectivity index (χ4n) is 1.51. The molecule has 0 aliphatic rings. The van der Waals surface area contributed by atoms with Gasteiger partial charge in [-0.25, -0.2) is 9.59 Å². The summed E-state index contributed by atoms with van der Waals surface area (Å²) < 4.78 is 0. The highest BCUT2D eigenvalue weighted by molar-refractivity contribution is 5.97. The SMILES string of the molecule is O=C(O)c1ccc2cc(C(=O)O)ccc2c1.[H+]. The Hall–Kier alpha value is -2.36. The molecule has 0 radical (unpaired) electrons. The van der Waals surface area contributed by atoms with Crippen molar-refractivity contribution in [2.75, 3.05) is 0 Å². The van der Waals surface area contributed by atoms with Gasteiger partial charge in [-0.05, 0) is 35.0 Å². The molecule has 80 valence electrons.